The lowest BCUT2D eigenvalue weighted by atomic mass is 9.88. The number of hydrogen-bond donors (Lipinski definition) is 1. The van der Waals surface area contributed by atoms with Crippen molar-refractivity contribution in [3.8, 4) is 17.2 Å². The van der Waals surface area contributed by atoms with Crippen molar-refractivity contribution in [3.05, 3.63) is 54.1 Å². The molecule has 0 aromatic heterocycles. The number of likely N-dealkylation sites (tertiary alicyclic amines) is 1. The first-order valence-corrected chi connectivity index (χ1v) is 9.03. The van der Waals surface area contributed by atoms with Gasteiger partial charge in [0.15, 0.2) is 11.5 Å². The maximum absolute atomic E-state index is 11.8. The van der Waals surface area contributed by atoms with Gasteiger partial charge in [0.2, 0.25) is 0 Å². The highest BCUT2D eigenvalue weighted by Crippen LogP contribution is 2.31. The molecule has 0 unspecified atom stereocenters. The molecule has 2 N–H and O–H groups in total. The van der Waals surface area contributed by atoms with Gasteiger partial charge in [0.25, 0.3) is 0 Å². The fraction of sp³-hybridized carbons (Fsp3) is 0.381. The second-order valence-electron chi connectivity index (χ2n) is 6.82. The first-order valence-electron chi connectivity index (χ1n) is 9.03. The normalized spacial score (nSPS) is 16.6. The van der Waals surface area contributed by atoms with E-state index >= 15 is 0 Å². The summed E-state index contributed by atoms with van der Waals surface area (Å²) < 4.78 is 16.1. The molecule has 2 aromatic carbocycles. The van der Waals surface area contributed by atoms with Crippen molar-refractivity contribution < 1.29 is 19.0 Å². The van der Waals surface area contributed by atoms with Gasteiger partial charge in [-0.05, 0) is 42.7 Å². The Kier molecular flexibility index (Phi) is 5.98. The van der Waals surface area contributed by atoms with Crippen LogP contribution in [0.1, 0.15) is 18.4 Å². The van der Waals surface area contributed by atoms with Crippen LogP contribution < -0.4 is 15.2 Å². The van der Waals surface area contributed by atoms with Crippen LogP contribution in [0.4, 0.5) is 0 Å². The van der Waals surface area contributed by atoms with Crippen LogP contribution in [-0.4, -0.2) is 43.7 Å². The fourth-order valence-electron chi connectivity index (χ4n) is 3.31. The molecule has 0 aliphatic carbocycles. The van der Waals surface area contributed by atoms with Crippen LogP contribution >= 0.6 is 0 Å². The van der Waals surface area contributed by atoms with E-state index in [2.05, 4.69) is 11.0 Å². The first kappa shape index (κ1) is 19.2. The molecule has 0 saturated carbocycles. The third-order valence-corrected chi connectivity index (χ3v) is 4.94. The Morgan fingerprint density at radius 2 is 1.78 bits per heavy atom. The number of para-hydroxylation sites is 2. The zero-order valence-electron chi connectivity index (χ0n) is 15.8. The van der Waals surface area contributed by atoms with Crippen molar-refractivity contribution in [2.24, 2.45) is 5.73 Å². The van der Waals surface area contributed by atoms with Gasteiger partial charge in [-0.1, -0.05) is 24.3 Å². The number of benzene rings is 2. The Labute approximate surface area is 159 Å². The molecule has 1 aliphatic rings. The summed E-state index contributed by atoms with van der Waals surface area (Å²) in [6.07, 6.45) is 1.19. The number of nitrogens with zero attached hydrogens (tertiary/aromatic N) is 1. The van der Waals surface area contributed by atoms with E-state index in [9.17, 15) is 4.79 Å². The highest BCUT2D eigenvalue weighted by atomic mass is 16.5. The zero-order valence-corrected chi connectivity index (χ0v) is 15.8. The summed E-state index contributed by atoms with van der Waals surface area (Å²) in [4.78, 5) is 14.1. The lowest BCUT2D eigenvalue weighted by molar-refractivity contribution is -0.149. The number of nitrogens with two attached hydrogens (primary N) is 1. The van der Waals surface area contributed by atoms with Gasteiger partial charge in [-0.15, -0.1) is 0 Å². The maximum atomic E-state index is 11.8. The van der Waals surface area contributed by atoms with Crippen LogP contribution in [-0.2, 0) is 16.1 Å². The number of piperidine rings is 1. The van der Waals surface area contributed by atoms with Crippen LogP contribution in [0.3, 0.4) is 0 Å². The monoisotopic (exact) mass is 370 g/mol. The molecule has 1 saturated heterocycles. The minimum Gasteiger partial charge on any atom is -0.493 e. The fourth-order valence-corrected chi connectivity index (χ4v) is 3.31. The average Bonchev–Trinajstić information content (AvgIpc) is 2.70. The Hall–Kier alpha value is -2.57. The van der Waals surface area contributed by atoms with E-state index in [1.165, 1.54) is 7.11 Å². The SMILES string of the molecule is COC(=O)C1(N)CCN(Cc2cccc(Oc3ccccc3OC)c2)CC1. The minimum absolute atomic E-state index is 0.325. The van der Waals surface area contributed by atoms with Crippen LogP contribution in [0, 0.1) is 0 Å². The number of esters is 1. The summed E-state index contributed by atoms with van der Waals surface area (Å²) in [6.45, 7) is 2.28. The Morgan fingerprint density at radius 1 is 1.07 bits per heavy atom. The van der Waals surface area contributed by atoms with E-state index in [1.807, 2.05) is 42.5 Å². The lowest BCUT2D eigenvalue weighted by Crippen LogP contribution is -2.55. The van der Waals surface area contributed by atoms with Crippen molar-refractivity contribution in [1.29, 1.82) is 0 Å². The van der Waals surface area contributed by atoms with Crippen LogP contribution in [0.2, 0.25) is 0 Å². The third kappa shape index (κ3) is 4.59. The molecule has 2 aromatic rings. The molecule has 1 aliphatic heterocycles. The molecule has 6 heteroatoms. The van der Waals surface area contributed by atoms with E-state index in [-0.39, 0.29) is 5.97 Å². The number of rotatable bonds is 6. The predicted octanol–water partition coefficient (Wildman–Crippen LogP) is 2.95. The average molecular weight is 370 g/mol. The van der Waals surface area contributed by atoms with Gasteiger partial charge in [-0.25, -0.2) is 0 Å². The standard InChI is InChI=1S/C21H26N2O4/c1-25-18-8-3-4-9-19(18)27-17-7-5-6-16(14-17)15-23-12-10-21(22,11-13-23)20(24)26-2/h3-9,14H,10-13,15,22H2,1-2H3. The van der Waals surface area contributed by atoms with Crippen molar-refractivity contribution in [3.63, 3.8) is 0 Å². The van der Waals surface area contributed by atoms with Crippen molar-refractivity contribution >= 4 is 5.97 Å². The molecule has 0 spiro atoms. The van der Waals surface area contributed by atoms with E-state index in [1.54, 1.807) is 7.11 Å². The highest BCUT2D eigenvalue weighted by Gasteiger charge is 2.38. The molecule has 3 rings (SSSR count). The van der Waals surface area contributed by atoms with Crippen molar-refractivity contribution in [2.75, 3.05) is 27.3 Å². The molecule has 1 fully saturated rings. The van der Waals surface area contributed by atoms with Gasteiger partial charge in [-0.2, -0.15) is 0 Å². The Bertz CT molecular complexity index is 785. The smallest absolute Gasteiger partial charge is 0.325 e. The van der Waals surface area contributed by atoms with Gasteiger partial charge in [0.05, 0.1) is 14.2 Å². The minimum atomic E-state index is -0.861. The molecule has 27 heavy (non-hydrogen) atoms. The van der Waals surface area contributed by atoms with E-state index in [0.29, 0.717) is 24.3 Å². The van der Waals surface area contributed by atoms with Gasteiger partial charge in [-0.3, -0.25) is 9.69 Å². The Balaban J connectivity index is 1.63. The molecule has 1 heterocycles. The molecule has 0 bridgehead atoms. The second kappa shape index (κ2) is 8.41. The van der Waals surface area contributed by atoms with E-state index in [4.69, 9.17) is 19.9 Å². The quantitative estimate of drug-likeness (QED) is 0.788. The molecule has 0 amide bonds. The zero-order chi connectivity index (χ0) is 19.3. The number of methoxy groups -OCH3 is 2. The molecule has 0 radical (unpaired) electrons. The summed E-state index contributed by atoms with van der Waals surface area (Å²) >= 11 is 0. The highest BCUT2D eigenvalue weighted by molar-refractivity contribution is 5.80. The number of carbonyl (C=O) groups is 1. The van der Waals surface area contributed by atoms with Crippen LogP contribution in [0.5, 0.6) is 17.2 Å². The maximum Gasteiger partial charge on any atom is 0.325 e. The molecule has 144 valence electrons. The van der Waals surface area contributed by atoms with Gasteiger partial charge in [0, 0.05) is 19.6 Å². The van der Waals surface area contributed by atoms with Gasteiger partial charge in [0.1, 0.15) is 11.3 Å². The third-order valence-electron chi connectivity index (χ3n) is 4.94. The summed E-state index contributed by atoms with van der Waals surface area (Å²) in [5, 5.41) is 0. The molecule has 6 nitrogen and oxygen atoms in total. The second-order valence-corrected chi connectivity index (χ2v) is 6.82. The number of hydrogen-bond acceptors (Lipinski definition) is 6. The molecule has 0 atom stereocenters. The molecular formula is C21H26N2O4. The first-order chi connectivity index (χ1) is 13.0. The summed E-state index contributed by atoms with van der Waals surface area (Å²) in [5.41, 5.74) is 6.46. The lowest BCUT2D eigenvalue weighted by Gasteiger charge is -2.37. The van der Waals surface area contributed by atoms with E-state index in [0.717, 1.165) is 30.9 Å². The topological polar surface area (TPSA) is 74.0 Å². The van der Waals surface area contributed by atoms with Gasteiger partial charge < -0.3 is 19.9 Å². The van der Waals surface area contributed by atoms with Crippen LogP contribution in [0.15, 0.2) is 48.5 Å². The van der Waals surface area contributed by atoms with E-state index < -0.39 is 5.54 Å². The molecular weight excluding hydrogens is 344 g/mol. The predicted molar refractivity (Wildman–Crippen MR) is 103 cm³/mol. The van der Waals surface area contributed by atoms with Crippen molar-refractivity contribution in [1.82, 2.24) is 4.90 Å². The summed E-state index contributed by atoms with van der Waals surface area (Å²) in [6, 6.07) is 15.6. The number of ether oxygens (including phenoxy) is 3. The Morgan fingerprint density at radius 3 is 2.44 bits per heavy atom. The number of carbonyl (C=O) groups excluding carboxylic acids is 1. The largest absolute Gasteiger partial charge is 0.493 e. The van der Waals surface area contributed by atoms with Crippen LogP contribution in [0.25, 0.3) is 0 Å². The summed E-state index contributed by atoms with van der Waals surface area (Å²) in [5.74, 6) is 1.81. The summed E-state index contributed by atoms with van der Waals surface area (Å²) in [7, 11) is 3.01. The van der Waals surface area contributed by atoms with Crippen molar-refractivity contribution in [2.45, 2.75) is 24.9 Å². The van der Waals surface area contributed by atoms with Gasteiger partial charge >= 0.3 is 5.97 Å².